The van der Waals surface area contributed by atoms with Gasteiger partial charge in [-0.15, -0.1) is 0 Å². The van der Waals surface area contributed by atoms with Crippen molar-refractivity contribution in [2.45, 2.75) is 84.1 Å². The third-order valence-electron chi connectivity index (χ3n) is 13.4. The Balaban J connectivity index is 0.958. The van der Waals surface area contributed by atoms with E-state index in [1.807, 2.05) is 49.9 Å². The van der Waals surface area contributed by atoms with Crippen LogP contribution < -0.4 is 21.5 Å². The summed E-state index contributed by atoms with van der Waals surface area (Å²) in [6.45, 7) is 9.53. The van der Waals surface area contributed by atoms with Crippen LogP contribution in [0.3, 0.4) is 0 Å². The molecule has 0 bridgehead atoms. The Labute approximate surface area is 395 Å². The maximum Gasteiger partial charge on any atom is 0.407 e. The minimum absolute atomic E-state index is 0.121. The van der Waals surface area contributed by atoms with Crippen LogP contribution in [-0.4, -0.2) is 97.7 Å². The summed E-state index contributed by atoms with van der Waals surface area (Å²) >= 11 is 0. The number of methoxy groups -OCH3 is 2. The molecule has 0 spiro atoms. The van der Waals surface area contributed by atoms with Crippen molar-refractivity contribution in [2.24, 2.45) is 11.8 Å². The highest BCUT2D eigenvalue weighted by atomic mass is 16.5. The molecule has 2 fully saturated rings. The molecular weight excluding hydrogens is 863 g/mol. The number of imidazole rings is 2. The number of carbonyl (C=O) groups excluding carboxylic acids is 4. The predicted molar refractivity (Wildman–Crippen MR) is 258 cm³/mol. The van der Waals surface area contributed by atoms with Crippen molar-refractivity contribution in [3.05, 3.63) is 108 Å². The van der Waals surface area contributed by atoms with Crippen molar-refractivity contribution in [1.82, 2.24) is 50.4 Å². The van der Waals surface area contributed by atoms with Gasteiger partial charge in [-0.3, -0.25) is 9.59 Å². The normalized spacial score (nSPS) is 17.5. The van der Waals surface area contributed by atoms with Gasteiger partial charge in [0, 0.05) is 48.8 Å². The fourth-order valence-electron chi connectivity index (χ4n) is 9.69. The zero-order chi connectivity index (χ0) is 47.6. The van der Waals surface area contributed by atoms with Crippen molar-refractivity contribution in [3.8, 4) is 50.7 Å². The van der Waals surface area contributed by atoms with Crippen LogP contribution in [0.25, 0.3) is 50.7 Å². The first-order valence-corrected chi connectivity index (χ1v) is 23.4. The number of rotatable bonds is 13. The number of anilines is 1. The van der Waals surface area contributed by atoms with Crippen LogP contribution >= 0.6 is 0 Å². The monoisotopic (exact) mass is 921 g/mol. The van der Waals surface area contributed by atoms with Gasteiger partial charge >= 0.3 is 12.2 Å². The number of nitrogens with zero attached hydrogens (tertiary/aromatic N) is 5. The number of carbonyl (C=O) groups is 4. The smallest absolute Gasteiger partial charge is 0.407 e. The molecule has 17 heteroatoms. The highest BCUT2D eigenvalue weighted by Crippen LogP contribution is 2.38. The molecule has 354 valence electrons. The Morgan fingerprint density at radius 2 is 1.09 bits per heavy atom. The van der Waals surface area contributed by atoms with E-state index in [0.29, 0.717) is 24.7 Å². The molecule has 0 unspecified atom stereocenters. The van der Waals surface area contributed by atoms with E-state index in [9.17, 15) is 19.2 Å². The van der Waals surface area contributed by atoms with Crippen LogP contribution in [0.4, 0.5) is 15.3 Å². The molecule has 0 aliphatic carbocycles. The number of aromatic nitrogens is 5. The molecule has 0 saturated carbocycles. The van der Waals surface area contributed by atoms with E-state index >= 15 is 0 Å². The van der Waals surface area contributed by atoms with Crippen LogP contribution in [-0.2, 0) is 25.6 Å². The summed E-state index contributed by atoms with van der Waals surface area (Å²) in [7, 11) is 2.59. The van der Waals surface area contributed by atoms with E-state index in [1.165, 1.54) is 19.8 Å². The summed E-state index contributed by atoms with van der Waals surface area (Å²) < 4.78 is 11.9. The predicted octanol–water partition coefficient (Wildman–Crippen LogP) is 8.11. The van der Waals surface area contributed by atoms with E-state index in [0.717, 1.165) is 88.6 Å². The second-order valence-electron chi connectivity index (χ2n) is 18.4. The highest BCUT2D eigenvalue weighted by molar-refractivity contribution is 5.87. The number of fused-ring (bicyclic) bond motifs is 1. The summed E-state index contributed by atoms with van der Waals surface area (Å²) in [6, 6.07) is 25.6. The van der Waals surface area contributed by atoms with Gasteiger partial charge in [-0.25, -0.2) is 25.0 Å². The molecule has 6 N–H and O–H groups in total. The topological polar surface area (TPSA) is 204 Å². The Hall–Kier alpha value is -7.40. The fraction of sp³-hybridized carbons (Fsp3) is 0.373. The minimum atomic E-state index is -0.706. The van der Waals surface area contributed by atoms with E-state index in [1.54, 1.807) is 0 Å². The summed E-state index contributed by atoms with van der Waals surface area (Å²) in [5, 5.41) is 5.43. The molecule has 2 saturated heterocycles. The lowest BCUT2D eigenvalue weighted by molar-refractivity contribution is -0.136. The van der Waals surface area contributed by atoms with Gasteiger partial charge in [-0.2, -0.15) is 0 Å². The van der Waals surface area contributed by atoms with Gasteiger partial charge in [0.2, 0.25) is 11.8 Å². The van der Waals surface area contributed by atoms with Crippen molar-refractivity contribution < 1.29 is 28.7 Å². The molecule has 3 aliphatic heterocycles. The average molecular weight is 922 g/mol. The van der Waals surface area contributed by atoms with Crippen LogP contribution in [0.2, 0.25) is 0 Å². The van der Waals surface area contributed by atoms with E-state index in [-0.39, 0.29) is 35.7 Å². The molecule has 4 atom stereocenters. The Kier molecular flexibility index (Phi) is 13.1. The van der Waals surface area contributed by atoms with Crippen molar-refractivity contribution >= 4 is 29.7 Å². The Morgan fingerprint density at radius 3 is 1.53 bits per heavy atom. The molecule has 4 amide bonds. The van der Waals surface area contributed by atoms with Gasteiger partial charge in [0.25, 0.3) is 0 Å². The number of H-pyrrole nitrogens is 2. The lowest BCUT2D eigenvalue weighted by Crippen LogP contribution is -2.51. The number of hydrogen-bond acceptors (Lipinski definition) is 10. The van der Waals surface area contributed by atoms with Crippen LogP contribution in [0.1, 0.15) is 82.7 Å². The third kappa shape index (κ3) is 9.05. The number of alkyl carbamates (subject to hydrolysis) is 2. The SMILES string of the molecule is COC(=O)N[C@H](C(=O)N1CCC[C@H]1c1nc(-c2ccc(-c3ccc(-c4ccc(-c5c[nH]c([C@@H]6CCCN6C(=O)[C@@H](NC(=O)OC)C(C)C)n5)cc4)n3-c3ccc4c(c3)NNC4)cc2)c[nH]1)C(C)C. The number of hydrogen-bond donors (Lipinski definition) is 6. The fourth-order valence-corrected chi connectivity index (χ4v) is 9.69. The number of nitrogens with one attached hydrogen (secondary N) is 6. The van der Waals surface area contributed by atoms with E-state index < -0.39 is 24.3 Å². The molecule has 17 nitrogen and oxygen atoms in total. The van der Waals surface area contributed by atoms with Gasteiger partial charge in [-0.05, 0) is 78.5 Å². The largest absolute Gasteiger partial charge is 0.453 e. The first-order valence-electron chi connectivity index (χ1n) is 23.4. The van der Waals surface area contributed by atoms with Crippen LogP contribution in [0.5, 0.6) is 0 Å². The first-order chi connectivity index (χ1) is 32.9. The van der Waals surface area contributed by atoms with Gasteiger partial charge in [0.15, 0.2) is 0 Å². The molecule has 6 aromatic rings. The first kappa shape index (κ1) is 45.7. The molecule has 9 rings (SSSR count). The molecule has 3 aliphatic rings. The second-order valence-corrected chi connectivity index (χ2v) is 18.4. The zero-order valence-corrected chi connectivity index (χ0v) is 39.3. The number of likely N-dealkylation sites (tertiary alicyclic amines) is 2. The third-order valence-corrected chi connectivity index (χ3v) is 13.4. The molecule has 0 radical (unpaired) electrons. The number of hydrazine groups is 1. The minimum Gasteiger partial charge on any atom is -0.453 e. The zero-order valence-electron chi connectivity index (χ0n) is 39.3. The van der Waals surface area contributed by atoms with E-state index in [2.05, 4.69) is 115 Å². The number of ether oxygens (including phenoxy) is 2. The van der Waals surface area contributed by atoms with Crippen molar-refractivity contribution in [3.63, 3.8) is 0 Å². The lowest BCUT2D eigenvalue weighted by atomic mass is 10.0. The summed E-state index contributed by atoms with van der Waals surface area (Å²) in [5.41, 5.74) is 17.3. The summed E-state index contributed by atoms with van der Waals surface area (Å²) in [5.74, 6) is 0.892. The number of amides is 4. The van der Waals surface area contributed by atoms with Gasteiger partial charge in [0.05, 0.1) is 54.8 Å². The molecule has 6 heterocycles. The summed E-state index contributed by atoms with van der Waals surface area (Å²) in [4.78, 5) is 71.9. The average Bonchev–Trinajstić information content (AvgIpc) is 4.22. The standard InChI is InChI=1S/C51H59N11O6/c1-29(2)44(57-50(65)67-5)48(63)60-23-7-9-42(60)46-52-27-38(55-46)31-11-15-33(16-12-31)40-21-22-41(62(40)36-20-19-35-26-54-59-37(35)25-36)34-17-13-32(14-18-34)39-28-53-47(56-39)43-10-8-24-61(43)49(64)45(30(3)4)58-51(66)68-6/h11-22,25,27-30,42-45,54,59H,7-10,23-24,26H2,1-6H3,(H,52,55)(H,53,56)(H,57,65)(H,58,66)/t42-,43-,44-,45-/m0/s1. The Morgan fingerprint density at radius 1 is 0.632 bits per heavy atom. The maximum atomic E-state index is 13.7. The molecule has 3 aromatic carbocycles. The Bertz CT molecular complexity index is 2630. The maximum absolute atomic E-state index is 13.7. The van der Waals surface area contributed by atoms with Crippen molar-refractivity contribution in [1.29, 1.82) is 0 Å². The lowest BCUT2D eigenvalue weighted by Gasteiger charge is -2.29. The van der Waals surface area contributed by atoms with Crippen molar-refractivity contribution in [2.75, 3.05) is 32.7 Å². The second kappa shape index (κ2) is 19.4. The molecular formula is C51H59N11O6. The van der Waals surface area contributed by atoms with Crippen LogP contribution in [0, 0.1) is 11.8 Å². The number of aromatic amines is 2. The molecule has 3 aromatic heterocycles. The van der Waals surface area contributed by atoms with Gasteiger partial charge in [-0.1, -0.05) is 82.3 Å². The molecule has 68 heavy (non-hydrogen) atoms. The van der Waals surface area contributed by atoms with Gasteiger partial charge in [0.1, 0.15) is 23.7 Å². The highest BCUT2D eigenvalue weighted by Gasteiger charge is 2.39. The van der Waals surface area contributed by atoms with Crippen LogP contribution in [0.15, 0.2) is 91.3 Å². The summed E-state index contributed by atoms with van der Waals surface area (Å²) in [6.07, 6.45) is 5.72. The van der Waals surface area contributed by atoms with Gasteiger partial charge < -0.3 is 49.9 Å². The van der Waals surface area contributed by atoms with E-state index in [4.69, 9.17) is 19.4 Å². The quantitative estimate of drug-likeness (QED) is 0.0657. The number of benzene rings is 3.